The molecule has 0 aliphatic rings. The molecule has 0 saturated carbocycles. The number of rotatable bonds is 25. The minimum Gasteiger partial charge on any atom is -0.457 e. The van der Waals surface area contributed by atoms with E-state index in [2.05, 4.69) is 6.92 Å². The van der Waals surface area contributed by atoms with Gasteiger partial charge in [-0.2, -0.15) is 0 Å². The standard InChI is InChI=1S/C29H56O5/c1-4-5-6-7-8-9-10-11-12-13-14-15-16-17-18-19-20-21-28(32)34-27(24-30)29(33)26(31)23-22-25(2)3/h25,27,29-30,33H,4-24H2,1-3H3. The highest BCUT2D eigenvalue weighted by molar-refractivity contribution is 5.83. The van der Waals surface area contributed by atoms with E-state index in [1.165, 1.54) is 89.9 Å². The van der Waals surface area contributed by atoms with Crippen LogP contribution in [0.2, 0.25) is 0 Å². The molecule has 0 aromatic heterocycles. The zero-order valence-corrected chi connectivity index (χ0v) is 22.7. The molecule has 2 N–H and O–H groups in total. The van der Waals surface area contributed by atoms with Crippen LogP contribution in [0.3, 0.4) is 0 Å². The van der Waals surface area contributed by atoms with Crippen LogP contribution >= 0.6 is 0 Å². The number of hydrogen-bond acceptors (Lipinski definition) is 5. The Hall–Kier alpha value is -0.940. The SMILES string of the molecule is CCCCCCCCCCCCCCCCCCCC(=O)OC(CO)C(O)C(=O)CCC(C)C. The molecule has 2 unspecified atom stereocenters. The molecule has 0 aliphatic carbocycles. The fourth-order valence-corrected chi connectivity index (χ4v) is 4.21. The van der Waals surface area contributed by atoms with Gasteiger partial charge in [0.25, 0.3) is 0 Å². The molecule has 0 radical (unpaired) electrons. The topological polar surface area (TPSA) is 83.8 Å². The van der Waals surface area contributed by atoms with E-state index in [0.717, 1.165) is 19.3 Å². The average molecular weight is 485 g/mol. The number of aliphatic hydroxyl groups is 2. The molecule has 0 aromatic rings. The second kappa shape index (κ2) is 23.8. The summed E-state index contributed by atoms with van der Waals surface area (Å²) in [5.41, 5.74) is 0. The molecule has 0 spiro atoms. The zero-order valence-electron chi connectivity index (χ0n) is 22.7. The first kappa shape index (κ1) is 33.1. The normalized spacial score (nSPS) is 13.2. The maximum absolute atomic E-state index is 12.0. The Morgan fingerprint density at radius 1 is 0.676 bits per heavy atom. The second-order valence-electron chi connectivity index (χ2n) is 10.5. The molecule has 5 nitrogen and oxygen atoms in total. The van der Waals surface area contributed by atoms with E-state index in [-0.39, 0.29) is 18.6 Å². The minimum atomic E-state index is -1.44. The molecule has 0 bridgehead atoms. The lowest BCUT2D eigenvalue weighted by Crippen LogP contribution is -2.40. The Morgan fingerprint density at radius 2 is 1.09 bits per heavy atom. The van der Waals surface area contributed by atoms with Crippen LogP contribution < -0.4 is 0 Å². The summed E-state index contributed by atoms with van der Waals surface area (Å²) in [4.78, 5) is 24.0. The first-order chi connectivity index (χ1) is 16.4. The molecule has 0 amide bonds. The minimum absolute atomic E-state index is 0.228. The predicted molar refractivity (Wildman–Crippen MR) is 141 cm³/mol. The second-order valence-corrected chi connectivity index (χ2v) is 10.5. The van der Waals surface area contributed by atoms with Crippen LogP contribution in [0.25, 0.3) is 0 Å². The van der Waals surface area contributed by atoms with Crippen LogP contribution in [0.4, 0.5) is 0 Å². The van der Waals surface area contributed by atoms with Crippen LogP contribution in [-0.2, 0) is 14.3 Å². The molecule has 5 heteroatoms. The maximum atomic E-state index is 12.0. The van der Waals surface area contributed by atoms with Gasteiger partial charge in [0.2, 0.25) is 0 Å². The van der Waals surface area contributed by atoms with E-state index in [1.54, 1.807) is 0 Å². The number of ketones is 1. The Balaban J connectivity index is 3.56. The van der Waals surface area contributed by atoms with Gasteiger partial charge < -0.3 is 14.9 Å². The van der Waals surface area contributed by atoms with Crippen molar-refractivity contribution in [2.24, 2.45) is 5.92 Å². The van der Waals surface area contributed by atoms with Crippen molar-refractivity contribution < 1.29 is 24.5 Å². The molecule has 0 rings (SSSR count). The number of unbranched alkanes of at least 4 members (excludes halogenated alkanes) is 16. The van der Waals surface area contributed by atoms with Gasteiger partial charge in [0.05, 0.1) is 6.61 Å². The highest BCUT2D eigenvalue weighted by Crippen LogP contribution is 2.15. The summed E-state index contributed by atoms with van der Waals surface area (Å²) < 4.78 is 5.16. The third-order valence-corrected chi connectivity index (χ3v) is 6.60. The van der Waals surface area contributed by atoms with E-state index in [9.17, 15) is 19.8 Å². The maximum Gasteiger partial charge on any atom is 0.306 e. The fraction of sp³-hybridized carbons (Fsp3) is 0.931. The Morgan fingerprint density at radius 3 is 1.47 bits per heavy atom. The summed E-state index contributed by atoms with van der Waals surface area (Å²) in [6.45, 7) is 5.73. The fourth-order valence-electron chi connectivity index (χ4n) is 4.21. The average Bonchev–Trinajstić information content (AvgIpc) is 2.82. The zero-order chi connectivity index (χ0) is 25.4. The van der Waals surface area contributed by atoms with Crippen molar-refractivity contribution in [3.05, 3.63) is 0 Å². The van der Waals surface area contributed by atoms with Gasteiger partial charge >= 0.3 is 5.97 Å². The summed E-state index contributed by atoms with van der Waals surface area (Å²) in [6.07, 6.45) is 20.4. The predicted octanol–water partition coefficient (Wildman–Crippen LogP) is 7.30. The van der Waals surface area contributed by atoms with Crippen molar-refractivity contribution in [3.8, 4) is 0 Å². The third kappa shape index (κ3) is 20.4. The van der Waals surface area contributed by atoms with Gasteiger partial charge in [-0.3, -0.25) is 9.59 Å². The summed E-state index contributed by atoms with van der Waals surface area (Å²) in [7, 11) is 0. The van der Waals surface area contributed by atoms with Crippen molar-refractivity contribution in [1.29, 1.82) is 0 Å². The van der Waals surface area contributed by atoms with Gasteiger partial charge in [-0.25, -0.2) is 0 Å². The van der Waals surface area contributed by atoms with Crippen molar-refractivity contribution in [3.63, 3.8) is 0 Å². The molecule has 2 atom stereocenters. The number of hydrogen-bond donors (Lipinski definition) is 2. The summed E-state index contributed by atoms with van der Waals surface area (Å²) in [5, 5.41) is 19.5. The van der Waals surface area contributed by atoms with E-state index in [0.29, 0.717) is 12.3 Å². The van der Waals surface area contributed by atoms with Crippen molar-refractivity contribution in [1.82, 2.24) is 0 Å². The summed E-state index contributed by atoms with van der Waals surface area (Å²) in [5.74, 6) is -0.472. The molecule has 0 heterocycles. The highest BCUT2D eigenvalue weighted by Gasteiger charge is 2.28. The van der Waals surface area contributed by atoms with Crippen molar-refractivity contribution in [2.45, 2.75) is 161 Å². The Bertz CT molecular complexity index is 477. The first-order valence-electron chi connectivity index (χ1n) is 14.4. The number of carbonyl (C=O) groups is 2. The number of aliphatic hydroxyl groups excluding tert-OH is 2. The monoisotopic (exact) mass is 484 g/mol. The van der Waals surface area contributed by atoms with Gasteiger partial charge in [0, 0.05) is 12.8 Å². The number of esters is 1. The number of carbonyl (C=O) groups excluding carboxylic acids is 2. The van der Waals surface area contributed by atoms with Crippen LogP contribution in [-0.4, -0.2) is 40.8 Å². The lowest BCUT2D eigenvalue weighted by Gasteiger charge is -2.20. The Kier molecular flexibility index (Phi) is 23.1. The number of Topliss-reactive ketones (excluding diaryl/α,β-unsaturated/α-hetero) is 1. The summed E-state index contributed by atoms with van der Waals surface area (Å²) >= 11 is 0. The molecule has 34 heavy (non-hydrogen) atoms. The van der Waals surface area contributed by atoms with Gasteiger partial charge in [-0.1, -0.05) is 124 Å². The molecule has 0 fully saturated rings. The third-order valence-electron chi connectivity index (χ3n) is 6.60. The van der Waals surface area contributed by atoms with Gasteiger partial charge in [0.1, 0.15) is 0 Å². The van der Waals surface area contributed by atoms with E-state index >= 15 is 0 Å². The first-order valence-corrected chi connectivity index (χ1v) is 14.4. The lowest BCUT2D eigenvalue weighted by molar-refractivity contribution is -0.161. The van der Waals surface area contributed by atoms with Gasteiger partial charge in [-0.15, -0.1) is 0 Å². The van der Waals surface area contributed by atoms with E-state index in [4.69, 9.17) is 4.74 Å². The van der Waals surface area contributed by atoms with Crippen LogP contribution in [0.15, 0.2) is 0 Å². The molecular weight excluding hydrogens is 428 g/mol. The smallest absolute Gasteiger partial charge is 0.306 e. The molecule has 0 aliphatic heterocycles. The van der Waals surface area contributed by atoms with Crippen LogP contribution in [0.5, 0.6) is 0 Å². The lowest BCUT2D eigenvalue weighted by atomic mass is 10.0. The molecular formula is C29H56O5. The number of ether oxygens (including phenoxy) is 1. The van der Waals surface area contributed by atoms with Crippen molar-refractivity contribution >= 4 is 11.8 Å². The van der Waals surface area contributed by atoms with E-state index < -0.39 is 24.8 Å². The highest BCUT2D eigenvalue weighted by atomic mass is 16.6. The quantitative estimate of drug-likeness (QED) is 0.105. The van der Waals surface area contributed by atoms with E-state index in [1.807, 2.05) is 13.8 Å². The molecule has 0 saturated heterocycles. The van der Waals surface area contributed by atoms with Gasteiger partial charge in [0.15, 0.2) is 18.0 Å². The van der Waals surface area contributed by atoms with Crippen LogP contribution in [0, 0.1) is 5.92 Å². The van der Waals surface area contributed by atoms with Gasteiger partial charge in [-0.05, 0) is 18.8 Å². The molecule has 0 aromatic carbocycles. The largest absolute Gasteiger partial charge is 0.457 e. The van der Waals surface area contributed by atoms with Crippen molar-refractivity contribution in [2.75, 3.05) is 6.61 Å². The molecule has 202 valence electrons. The summed E-state index contributed by atoms with van der Waals surface area (Å²) in [6, 6.07) is 0. The Labute approximate surface area is 210 Å². The van der Waals surface area contributed by atoms with Crippen LogP contribution in [0.1, 0.15) is 149 Å².